The molecule has 1 aliphatic heterocycles. The fourth-order valence-electron chi connectivity index (χ4n) is 2.36. The highest BCUT2D eigenvalue weighted by atomic mass is 16.2. The summed E-state index contributed by atoms with van der Waals surface area (Å²) in [4.78, 5) is 24.1. The largest absolute Gasteiger partial charge is 0.292 e. The van der Waals surface area contributed by atoms with E-state index in [9.17, 15) is 9.59 Å². The topological polar surface area (TPSA) is 64.0 Å². The van der Waals surface area contributed by atoms with Crippen molar-refractivity contribution in [1.82, 2.24) is 15.1 Å². The highest BCUT2D eigenvalue weighted by molar-refractivity contribution is 6.08. The van der Waals surface area contributed by atoms with E-state index in [1.807, 2.05) is 44.2 Å². The maximum Gasteiger partial charge on any atom is 0.261 e. The SMILES string of the molecule is CC1(C)Cc2c(cnn2-c2ccccc2)C(=O)NC1=O. The lowest BCUT2D eigenvalue weighted by Crippen LogP contribution is -2.39. The van der Waals surface area contributed by atoms with E-state index in [2.05, 4.69) is 10.4 Å². The van der Waals surface area contributed by atoms with Crippen LogP contribution in [-0.2, 0) is 11.2 Å². The molecule has 0 saturated heterocycles. The van der Waals surface area contributed by atoms with Crippen LogP contribution in [0.25, 0.3) is 5.69 Å². The first kappa shape index (κ1) is 12.6. The van der Waals surface area contributed by atoms with Crippen molar-refractivity contribution >= 4 is 11.8 Å². The van der Waals surface area contributed by atoms with Gasteiger partial charge in [0.2, 0.25) is 5.91 Å². The number of carbonyl (C=O) groups is 2. The third-order valence-corrected chi connectivity index (χ3v) is 3.57. The van der Waals surface area contributed by atoms with E-state index in [4.69, 9.17) is 0 Å². The summed E-state index contributed by atoms with van der Waals surface area (Å²) in [5.74, 6) is -0.629. The van der Waals surface area contributed by atoms with Crippen LogP contribution in [0, 0.1) is 5.41 Å². The van der Waals surface area contributed by atoms with Crippen molar-refractivity contribution in [3.63, 3.8) is 0 Å². The maximum absolute atomic E-state index is 12.1. The number of amides is 2. The Morgan fingerprint density at radius 2 is 1.90 bits per heavy atom. The van der Waals surface area contributed by atoms with Gasteiger partial charge in [-0.1, -0.05) is 32.0 Å². The molecule has 3 rings (SSSR count). The van der Waals surface area contributed by atoms with Crippen molar-refractivity contribution in [3.8, 4) is 5.69 Å². The average Bonchev–Trinajstić information content (AvgIpc) is 2.79. The second-order valence-electron chi connectivity index (χ2n) is 5.60. The average molecular weight is 269 g/mol. The molecule has 0 atom stereocenters. The molecule has 1 aromatic heterocycles. The van der Waals surface area contributed by atoms with Crippen LogP contribution in [-0.4, -0.2) is 21.6 Å². The van der Waals surface area contributed by atoms with Crippen LogP contribution in [0.5, 0.6) is 0 Å². The van der Waals surface area contributed by atoms with Gasteiger partial charge in [-0.2, -0.15) is 5.10 Å². The van der Waals surface area contributed by atoms with Crippen LogP contribution in [0.4, 0.5) is 0 Å². The Kier molecular flexibility index (Phi) is 2.71. The summed E-state index contributed by atoms with van der Waals surface area (Å²) in [6.45, 7) is 3.65. The van der Waals surface area contributed by atoms with Crippen LogP contribution < -0.4 is 5.32 Å². The van der Waals surface area contributed by atoms with Gasteiger partial charge in [-0.3, -0.25) is 14.9 Å². The van der Waals surface area contributed by atoms with Crippen LogP contribution >= 0.6 is 0 Å². The van der Waals surface area contributed by atoms with Gasteiger partial charge in [0, 0.05) is 11.8 Å². The van der Waals surface area contributed by atoms with E-state index >= 15 is 0 Å². The number of para-hydroxylation sites is 1. The summed E-state index contributed by atoms with van der Waals surface area (Å²) < 4.78 is 1.73. The minimum absolute atomic E-state index is 0.252. The Labute approximate surface area is 116 Å². The standard InChI is InChI=1S/C15H15N3O2/c1-15(2)8-12-11(13(19)17-14(15)20)9-16-18(12)10-6-4-3-5-7-10/h3-7,9H,8H2,1-2H3,(H,17,19,20). The van der Waals surface area contributed by atoms with Gasteiger partial charge in [-0.05, 0) is 12.1 Å². The monoisotopic (exact) mass is 269 g/mol. The number of benzene rings is 1. The molecule has 102 valence electrons. The van der Waals surface area contributed by atoms with Crippen LogP contribution in [0.15, 0.2) is 36.5 Å². The molecule has 20 heavy (non-hydrogen) atoms. The van der Waals surface area contributed by atoms with Crippen LogP contribution in [0.2, 0.25) is 0 Å². The molecule has 0 saturated carbocycles. The molecule has 5 nitrogen and oxygen atoms in total. The van der Waals surface area contributed by atoms with Gasteiger partial charge in [0.15, 0.2) is 0 Å². The highest BCUT2D eigenvalue weighted by Crippen LogP contribution is 2.28. The van der Waals surface area contributed by atoms with Crippen molar-refractivity contribution in [2.45, 2.75) is 20.3 Å². The molecule has 0 bridgehead atoms. The molecule has 1 N–H and O–H groups in total. The highest BCUT2D eigenvalue weighted by Gasteiger charge is 2.36. The van der Waals surface area contributed by atoms with E-state index in [1.165, 1.54) is 6.20 Å². The molecule has 0 unspecified atom stereocenters. The second kappa shape index (κ2) is 4.30. The fraction of sp³-hybridized carbons (Fsp3) is 0.267. The normalized spacial score (nSPS) is 17.3. The third kappa shape index (κ3) is 1.91. The van der Waals surface area contributed by atoms with E-state index in [-0.39, 0.29) is 11.8 Å². The van der Waals surface area contributed by atoms with Gasteiger partial charge >= 0.3 is 0 Å². The van der Waals surface area contributed by atoms with Crippen molar-refractivity contribution < 1.29 is 9.59 Å². The Hall–Kier alpha value is -2.43. The zero-order valence-electron chi connectivity index (χ0n) is 11.4. The number of nitrogens with one attached hydrogen (secondary N) is 1. The first-order chi connectivity index (χ1) is 9.49. The van der Waals surface area contributed by atoms with Gasteiger partial charge in [0.05, 0.1) is 23.1 Å². The predicted molar refractivity (Wildman–Crippen MR) is 73.5 cm³/mol. The van der Waals surface area contributed by atoms with E-state index in [0.29, 0.717) is 12.0 Å². The van der Waals surface area contributed by atoms with Gasteiger partial charge in [0.25, 0.3) is 5.91 Å². The molecule has 5 heteroatoms. The number of hydrogen-bond donors (Lipinski definition) is 1. The van der Waals surface area contributed by atoms with E-state index in [0.717, 1.165) is 11.4 Å². The number of carbonyl (C=O) groups excluding carboxylic acids is 2. The first-order valence-corrected chi connectivity index (χ1v) is 6.47. The third-order valence-electron chi connectivity index (χ3n) is 3.57. The first-order valence-electron chi connectivity index (χ1n) is 6.47. The predicted octanol–water partition coefficient (Wildman–Crippen LogP) is 1.71. The molecule has 0 spiro atoms. The Bertz CT molecular complexity index is 686. The number of aromatic nitrogens is 2. The van der Waals surface area contributed by atoms with Crippen LogP contribution in [0.3, 0.4) is 0 Å². The van der Waals surface area contributed by atoms with Crippen molar-refractivity contribution in [3.05, 3.63) is 47.8 Å². The number of rotatable bonds is 1. The van der Waals surface area contributed by atoms with E-state index < -0.39 is 5.41 Å². The van der Waals surface area contributed by atoms with Gasteiger partial charge < -0.3 is 0 Å². The Morgan fingerprint density at radius 3 is 2.60 bits per heavy atom. The fourth-order valence-corrected chi connectivity index (χ4v) is 2.36. The van der Waals surface area contributed by atoms with Gasteiger partial charge in [0.1, 0.15) is 0 Å². The summed E-state index contributed by atoms with van der Waals surface area (Å²) in [5.41, 5.74) is 1.47. The lowest BCUT2D eigenvalue weighted by atomic mass is 9.87. The summed E-state index contributed by atoms with van der Waals surface area (Å²) in [6.07, 6.45) is 1.99. The minimum Gasteiger partial charge on any atom is -0.292 e. The summed E-state index contributed by atoms with van der Waals surface area (Å²) in [7, 11) is 0. The minimum atomic E-state index is -0.645. The molecule has 2 heterocycles. The zero-order chi connectivity index (χ0) is 14.3. The van der Waals surface area contributed by atoms with E-state index in [1.54, 1.807) is 4.68 Å². The van der Waals surface area contributed by atoms with Crippen molar-refractivity contribution in [1.29, 1.82) is 0 Å². The van der Waals surface area contributed by atoms with Crippen molar-refractivity contribution in [2.24, 2.45) is 5.41 Å². The summed E-state index contributed by atoms with van der Waals surface area (Å²) in [5, 5.41) is 6.72. The molecule has 0 aliphatic carbocycles. The van der Waals surface area contributed by atoms with Crippen molar-refractivity contribution in [2.75, 3.05) is 0 Å². The zero-order valence-corrected chi connectivity index (χ0v) is 11.4. The number of fused-ring (bicyclic) bond motifs is 1. The lowest BCUT2D eigenvalue weighted by molar-refractivity contribution is -0.128. The number of nitrogens with zero attached hydrogens (tertiary/aromatic N) is 2. The molecular formula is C15H15N3O2. The molecule has 0 fully saturated rings. The Balaban J connectivity index is 2.16. The summed E-state index contributed by atoms with van der Waals surface area (Å²) in [6, 6.07) is 9.59. The lowest BCUT2D eigenvalue weighted by Gasteiger charge is -2.20. The quantitative estimate of drug-likeness (QED) is 0.802. The Morgan fingerprint density at radius 1 is 1.20 bits per heavy atom. The molecule has 2 amide bonds. The molecule has 1 aromatic carbocycles. The smallest absolute Gasteiger partial charge is 0.261 e. The molecule has 0 radical (unpaired) electrons. The summed E-state index contributed by atoms with van der Waals surface area (Å²) >= 11 is 0. The second-order valence-corrected chi connectivity index (χ2v) is 5.60. The van der Waals surface area contributed by atoms with Crippen LogP contribution in [0.1, 0.15) is 29.9 Å². The van der Waals surface area contributed by atoms with Gasteiger partial charge in [-0.25, -0.2) is 4.68 Å². The number of hydrogen-bond acceptors (Lipinski definition) is 3. The maximum atomic E-state index is 12.1. The molecular weight excluding hydrogens is 254 g/mol. The molecule has 2 aromatic rings. The number of imide groups is 1. The van der Waals surface area contributed by atoms with Gasteiger partial charge in [-0.15, -0.1) is 0 Å². The molecule has 1 aliphatic rings.